The Labute approximate surface area is 84.5 Å². The van der Waals surface area contributed by atoms with Gasteiger partial charge in [-0.05, 0) is 17.9 Å². The molecule has 1 N–H and O–H groups in total. The van der Waals surface area contributed by atoms with Gasteiger partial charge in [0, 0.05) is 24.8 Å². The van der Waals surface area contributed by atoms with Gasteiger partial charge in [0.25, 0.3) is 0 Å². The molecule has 76 valence electrons. The molecule has 1 aliphatic carbocycles. The molecule has 3 heteroatoms. The van der Waals surface area contributed by atoms with Crippen LogP contribution in [0.3, 0.4) is 0 Å². The van der Waals surface area contributed by atoms with E-state index in [9.17, 15) is 0 Å². The van der Waals surface area contributed by atoms with Crippen LogP contribution < -0.4 is 10.1 Å². The third-order valence-corrected chi connectivity index (χ3v) is 2.68. The van der Waals surface area contributed by atoms with E-state index in [1.165, 1.54) is 12.0 Å². The summed E-state index contributed by atoms with van der Waals surface area (Å²) in [5.74, 6) is 1.52. The van der Waals surface area contributed by atoms with Gasteiger partial charge in [-0.25, -0.2) is 4.98 Å². The van der Waals surface area contributed by atoms with E-state index in [1.54, 1.807) is 7.11 Å². The minimum atomic E-state index is 0.675. The summed E-state index contributed by atoms with van der Waals surface area (Å²) in [6.45, 7) is 3.18. The zero-order valence-corrected chi connectivity index (χ0v) is 8.66. The molecule has 0 radical (unpaired) electrons. The Morgan fingerprint density at radius 1 is 1.57 bits per heavy atom. The van der Waals surface area contributed by atoms with Crippen molar-refractivity contribution in [3.05, 3.63) is 23.9 Å². The topological polar surface area (TPSA) is 34.1 Å². The van der Waals surface area contributed by atoms with Gasteiger partial charge >= 0.3 is 0 Å². The first-order valence-corrected chi connectivity index (χ1v) is 5.02. The fourth-order valence-corrected chi connectivity index (χ4v) is 1.49. The fraction of sp³-hybridized carbons (Fsp3) is 0.545. The van der Waals surface area contributed by atoms with Crippen molar-refractivity contribution in [2.45, 2.75) is 25.9 Å². The number of ether oxygens (including phenoxy) is 1. The molecule has 1 saturated carbocycles. The summed E-state index contributed by atoms with van der Waals surface area (Å²) in [7, 11) is 1.63. The smallest absolute Gasteiger partial charge is 0.212 e. The van der Waals surface area contributed by atoms with Crippen LogP contribution in [0.5, 0.6) is 5.88 Å². The van der Waals surface area contributed by atoms with E-state index in [4.69, 9.17) is 4.74 Å². The van der Waals surface area contributed by atoms with Gasteiger partial charge in [-0.3, -0.25) is 0 Å². The molecule has 0 saturated heterocycles. The van der Waals surface area contributed by atoms with Crippen molar-refractivity contribution >= 4 is 0 Å². The number of pyridine rings is 1. The summed E-state index contributed by atoms with van der Waals surface area (Å²) < 4.78 is 4.99. The molecule has 2 atom stereocenters. The SMILES string of the molecule is COc1ccc(CNC2CC2C)cn1. The van der Waals surface area contributed by atoms with Crippen LogP contribution in [0, 0.1) is 5.92 Å². The predicted molar refractivity (Wildman–Crippen MR) is 55.2 cm³/mol. The van der Waals surface area contributed by atoms with Gasteiger partial charge in [-0.15, -0.1) is 0 Å². The third-order valence-electron chi connectivity index (χ3n) is 2.68. The van der Waals surface area contributed by atoms with Gasteiger partial charge in [-0.2, -0.15) is 0 Å². The number of hydrogen-bond donors (Lipinski definition) is 1. The lowest BCUT2D eigenvalue weighted by Gasteiger charge is -2.03. The number of nitrogens with zero attached hydrogens (tertiary/aromatic N) is 1. The van der Waals surface area contributed by atoms with E-state index in [1.807, 2.05) is 18.3 Å². The Balaban J connectivity index is 1.84. The molecule has 1 fully saturated rings. The van der Waals surface area contributed by atoms with E-state index >= 15 is 0 Å². The molecule has 2 unspecified atom stereocenters. The van der Waals surface area contributed by atoms with Crippen LogP contribution in [-0.4, -0.2) is 18.1 Å². The van der Waals surface area contributed by atoms with Crippen molar-refractivity contribution in [1.82, 2.24) is 10.3 Å². The molecule has 0 aromatic carbocycles. The maximum Gasteiger partial charge on any atom is 0.212 e. The van der Waals surface area contributed by atoms with Crippen LogP contribution in [0.2, 0.25) is 0 Å². The first-order valence-electron chi connectivity index (χ1n) is 5.02. The first kappa shape index (κ1) is 9.46. The zero-order chi connectivity index (χ0) is 9.97. The molecule has 1 aromatic rings. The highest BCUT2D eigenvalue weighted by molar-refractivity contribution is 5.17. The Morgan fingerprint density at radius 2 is 2.36 bits per heavy atom. The standard InChI is InChI=1S/C11H16N2O/c1-8-5-10(8)12-6-9-3-4-11(14-2)13-7-9/h3-4,7-8,10,12H,5-6H2,1-2H3. The van der Waals surface area contributed by atoms with Crippen molar-refractivity contribution in [3.8, 4) is 5.88 Å². The molecule has 14 heavy (non-hydrogen) atoms. The number of rotatable bonds is 4. The van der Waals surface area contributed by atoms with Gasteiger partial charge in [0.2, 0.25) is 5.88 Å². The average Bonchev–Trinajstić information content (AvgIpc) is 2.92. The number of nitrogens with one attached hydrogen (secondary N) is 1. The molecular weight excluding hydrogens is 176 g/mol. The normalized spacial score (nSPS) is 24.7. The monoisotopic (exact) mass is 192 g/mol. The minimum absolute atomic E-state index is 0.675. The summed E-state index contributed by atoms with van der Waals surface area (Å²) in [6, 6.07) is 4.66. The van der Waals surface area contributed by atoms with Crippen LogP contribution in [0.4, 0.5) is 0 Å². The second kappa shape index (κ2) is 3.96. The van der Waals surface area contributed by atoms with Crippen LogP contribution in [0.1, 0.15) is 18.9 Å². The molecule has 1 aliphatic rings. The van der Waals surface area contributed by atoms with E-state index in [0.29, 0.717) is 5.88 Å². The van der Waals surface area contributed by atoms with Gasteiger partial charge < -0.3 is 10.1 Å². The highest BCUT2D eigenvalue weighted by Crippen LogP contribution is 2.29. The van der Waals surface area contributed by atoms with Crippen molar-refractivity contribution in [2.75, 3.05) is 7.11 Å². The second-order valence-corrected chi connectivity index (χ2v) is 3.91. The molecule has 0 bridgehead atoms. The highest BCUT2D eigenvalue weighted by atomic mass is 16.5. The molecule has 3 nitrogen and oxygen atoms in total. The Kier molecular flexibility index (Phi) is 2.68. The zero-order valence-electron chi connectivity index (χ0n) is 8.66. The molecular formula is C11H16N2O. The summed E-state index contributed by atoms with van der Waals surface area (Å²) in [5, 5.41) is 3.48. The number of hydrogen-bond acceptors (Lipinski definition) is 3. The van der Waals surface area contributed by atoms with Gasteiger partial charge in [0.1, 0.15) is 0 Å². The fourth-order valence-electron chi connectivity index (χ4n) is 1.49. The maximum absolute atomic E-state index is 4.99. The van der Waals surface area contributed by atoms with E-state index in [0.717, 1.165) is 18.5 Å². The van der Waals surface area contributed by atoms with Gasteiger partial charge in [0.15, 0.2) is 0 Å². The lowest BCUT2D eigenvalue weighted by Crippen LogP contribution is -2.17. The lowest BCUT2D eigenvalue weighted by atomic mass is 10.3. The van der Waals surface area contributed by atoms with Crippen molar-refractivity contribution in [2.24, 2.45) is 5.92 Å². The minimum Gasteiger partial charge on any atom is -0.481 e. The summed E-state index contributed by atoms with van der Waals surface area (Å²) in [6.07, 6.45) is 3.17. The maximum atomic E-state index is 4.99. The average molecular weight is 192 g/mol. The third kappa shape index (κ3) is 2.23. The van der Waals surface area contributed by atoms with Crippen molar-refractivity contribution < 1.29 is 4.74 Å². The molecule has 0 aliphatic heterocycles. The Morgan fingerprint density at radius 3 is 2.86 bits per heavy atom. The highest BCUT2D eigenvalue weighted by Gasteiger charge is 2.31. The van der Waals surface area contributed by atoms with Gasteiger partial charge in [0.05, 0.1) is 7.11 Å². The van der Waals surface area contributed by atoms with Crippen molar-refractivity contribution in [1.29, 1.82) is 0 Å². The molecule has 0 spiro atoms. The Hall–Kier alpha value is -1.09. The summed E-state index contributed by atoms with van der Waals surface area (Å²) >= 11 is 0. The van der Waals surface area contributed by atoms with Crippen molar-refractivity contribution in [3.63, 3.8) is 0 Å². The molecule has 1 heterocycles. The second-order valence-electron chi connectivity index (χ2n) is 3.91. The van der Waals surface area contributed by atoms with Crippen LogP contribution >= 0.6 is 0 Å². The summed E-state index contributed by atoms with van der Waals surface area (Å²) in [5.41, 5.74) is 1.21. The largest absolute Gasteiger partial charge is 0.481 e. The van der Waals surface area contributed by atoms with E-state index in [2.05, 4.69) is 17.2 Å². The van der Waals surface area contributed by atoms with Gasteiger partial charge in [-0.1, -0.05) is 13.0 Å². The predicted octanol–water partition coefficient (Wildman–Crippen LogP) is 1.59. The Bertz CT molecular complexity index is 297. The van der Waals surface area contributed by atoms with Crippen LogP contribution in [-0.2, 0) is 6.54 Å². The molecule has 1 aromatic heterocycles. The molecule has 0 amide bonds. The van der Waals surface area contributed by atoms with Crippen LogP contribution in [0.25, 0.3) is 0 Å². The number of aromatic nitrogens is 1. The van der Waals surface area contributed by atoms with E-state index in [-0.39, 0.29) is 0 Å². The first-order chi connectivity index (χ1) is 6.79. The lowest BCUT2D eigenvalue weighted by molar-refractivity contribution is 0.397. The summed E-state index contributed by atoms with van der Waals surface area (Å²) in [4.78, 5) is 4.15. The van der Waals surface area contributed by atoms with Crippen LogP contribution in [0.15, 0.2) is 18.3 Å². The molecule has 2 rings (SSSR count). The quantitative estimate of drug-likeness (QED) is 0.786. The van der Waals surface area contributed by atoms with E-state index < -0.39 is 0 Å². The number of methoxy groups -OCH3 is 1.